The number of nitrogen functional groups attached to an aromatic ring is 1. The first-order valence-corrected chi connectivity index (χ1v) is 6.75. The summed E-state index contributed by atoms with van der Waals surface area (Å²) in [6.07, 6.45) is 5.11. The van der Waals surface area contributed by atoms with E-state index >= 15 is 0 Å². The minimum atomic E-state index is -0.405. The van der Waals surface area contributed by atoms with Crippen LogP contribution in [0.15, 0.2) is 18.2 Å². The molecular formula is C15H21NO3. The van der Waals surface area contributed by atoms with E-state index < -0.39 is 5.97 Å². The van der Waals surface area contributed by atoms with Gasteiger partial charge in [0.1, 0.15) is 0 Å². The van der Waals surface area contributed by atoms with E-state index in [0.717, 1.165) is 12.2 Å². The summed E-state index contributed by atoms with van der Waals surface area (Å²) in [6.45, 7) is 1.17. The summed E-state index contributed by atoms with van der Waals surface area (Å²) in [6, 6.07) is 5.39. The van der Waals surface area contributed by atoms with Gasteiger partial charge in [-0.3, -0.25) is 0 Å². The fourth-order valence-corrected chi connectivity index (χ4v) is 2.60. The Morgan fingerprint density at radius 1 is 1.37 bits per heavy atom. The first kappa shape index (κ1) is 13.9. The molecule has 0 atom stereocenters. The van der Waals surface area contributed by atoms with Gasteiger partial charge in [0.05, 0.1) is 19.3 Å². The summed E-state index contributed by atoms with van der Waals surface area (Å²) in [5.41, 5.74) is 7.50. The van der Waals surface area contributed by atoms with Crippen LogP contribution in [0.4, 0.5) is 5.69 Å². The second-order valence-electron chi connectivity index (χ2n) is 5.04. The van der Waals surface area contributed by atoms with Crippen LogP contribution >= 0.6 is 0 Å². The highest BCUT2D eigenvalue weighted by Crippen LogP contribution is 2.25. The number of ether oxygens (including phenoxy) is 2. The van der Waals surface area contributed by atoms with Crippen LogP contribution in [0.1, 0.15) is 41.6 Å². The second kappa shape index (κ2) is 6.57. The van der Waals surface area contributed by atoms with Gasteiger partial charge in [-0.2, -0.15) is 0 Å². The van der Waals surface area contributed by atoms with E-state index in [-0.39, 0.29) is 0 Å². The number of nitrogens with two attached hydrogens (primary N) is 1. The molecule has 0 aromatic heterocycles. The minimum Gasteiger partial charge on any atom is -0.465 e. The summed E-state index contributed by atoms with van der Waals surface area (Å²) < 4.78 is 10.5. The first-order chi connectivity index (χ1) is 9.22. The molecule has 4 heteroatoms. The van der Waals surface area contributed by atoms with Gasteiger partial charge in [0.15, 0.2) is 0 Å². The highest BCUT2D eigenvalue weighted by atomic mass is 16.5. The Labute approximate surface area is 113 Å². The van der Waals surface area contributed by atoms with Crippen molar-refractivity contribution in [3.63, 3.8) is 0 Å². The summed E-state index contributed by atoms with van der Waals surface area (Å²) in [7, 11) is 1.36. The molecule has 2 N–H and O–H groups in total. The van der Waals surface area contributed by atoms with Gasteiger partial charge in [-0.25, -0.2) is 4.79 Å². The predicted octanol–water partition coefficient (Wildman–Crippen LogP) is 2.76. The second-order valence-corrected chi connectivity index (χ2v) is 5.04. The van der Waals surface area contributed by atoms with Gasteiger partial charge in [0.25, 0.3) is 0 Å². The van der Waals surface area contributed by atoms with Crippen LogP contribution in [0.3, 0.4) is 0 Å². The Morgan fingerprint density at radius 3 is 2.79 bits per heavy atom. The van der Waals surface area contributed by atoms with E-state index in [4.69, 9.17) is 15.2 Å². The lowest BCUT2D eigenvalue weighted by atomic mass is 10.1. The lowest BCUT2D eigenvalue weighted by Gasteiger charge is -2.13. The molecular weight excluding hydrogens is 242 g/mol. The monoisotopic (exact) mass is 263 g/mol. The number of carbonyl (C=O) groups is 1. The molecule has 19 heavy (non-hydrogen) atoms. The molecule has 0 heterocycles. The van der Waals surface area contributed by atoms with Crippen molar-refractivity contribution in [2.75, 3.05) is 19.5 Å². The standard InChI is InChI=1S/C15H21NO3/c1-18-15(17)14-12(7-4-8-13(14)16)10-19-9-11-5-2-3-6-11/h4,7-8,11H,2-3,5-6,9-10,16H2,1H3. The average molecular weight is 263 g/mol. The Balaban J connectivity index is 1.98. The summed E-state index contributed by atoms with van der Waals surface area (Å²) >= 11 is 0. The number of benzene rings is 1. The van der Waals surface area contributed by atoms with Crippen LogP contribution in [-0.4, -0.2) is 19.7 Å². The quantitative estimate of drug-likeness (QED) is 0.655. The number of esters is 1. The number of rotatable bonds is 5. The predicted molar refractivity (Wildman–Crippen MR) is 73.8 cm³/mol. The molecule has 4 nitrogen and oxygen atoms in total. The Morgan fingerprint density at radius 2 is 2.11 bits per heavy atom. The fourth-order valence-electron chi connectivity index (χ4n) is 2.60. The van der Waals surface area contributed by atoms with E-state index in [2.05, 4.69) is 0 Å². The number of anilines is 1. The van der Waals surface area contributed by atoms with E-state index in [0.29, 0.717) is 23.8 Å². The minimum absolute atomic E-state index is 0.405. The molecule has 0 unspecified atom stereocenters. The molecule has 1 aromatic carbocycles. The first-order valence-electron chi connectivity index (χ1n) is 6.75. The van der Waals surface area contributed by atoms with Gasteiger partial charge in [0.2, 0.25) is 0 Å². The third-order valence-corrected chi connectivity index (χ3v) is 3.66. The molecule has 1 saturated carbocycles. The Hall–Kier alpha value is -1.55. The van der Waals surface area contributed by atoms with Gasteiger partial charge in [0, 0.05) is 12.3 Å². The van der Waals surface area contributed by atoms with Gasteiger partial charge < -0.3 is 15.2 Å². The van der Waals surface area contributed by atoms with E-state index in [1.807, 2.05) is 12.1 Å². The van der Waals surface area contributed by atoms with E-state index in [1.165, 1.54) is 32.8 Å². The molecule has 0 amide bonds. The molecule has 1 aliphatic rings. The summed E-state index contributed by atoms with van der Waals surface area (Å²) in [5.74, 6) is 0.264. The van der Waals surface area contributed by atoms with Gasteiger partial charge in [-0.15, -0.1) is 0 Å². The van der Waals surface area contributed by atoms with Crippen molar-refractivity contribution in [2.45, 2.75) is 32.3 Å². The van der Waals surface area contributed by atoms with Crippen molar-refractivity contribution in [3.8, 4) is 0 Å². The molecule has 0 bridgehead atoms. The maximum Gasteiger partial charge on any atom is 0.340 e. The van der Waals surface area contributed by atoms with Crippen LogP contribution in [0.25, 0.3) is 0 Å². The fraction of sp³-hybridized carbons (Fsp3) is 0.533. The summed E-state index contributed by atoms with van der Waals surface area (Å²) in [5, 5.41) is 0. The Bertz CT molecular complexity index is 439. The molecule has 0 aliphatic heterocycles. The molecule has 104 valence electrons. The molecule has 1 aliphatic carbocycles. The van der Waals surface area contributed by atoms with Crippen molar-refractivity contribution in [1.29, 1.82) is 0 Å². The van der Waals surface area contributed by atoms with Crippen LogP contribution in [0.2, 0.25) is 0 Å². The van der Waals surface area contributed by atoms with Gasteiger partial charge in [-0.05, 0) is 30.4 Å². The zero-order valence-corrected chi connectivity index (χ0v) is 11.4. The zero-order valence-electron chi connectivity index (χ0n) is 11.4. The normalized spacial score (nSPS) is 15.6. The number of hydrogen-bond donors (Lipinski definition) is 1. The molecule has 2 rings (SSSR count). The van der Waals surface area contributed by atoms with Crippen LogP contribution in [-0.2, 0) is 16.1 Å². The lowest BCUT2D eigenvalue weighted by molar-refractivity contribution is 0.0587. The third-order valence-electron chi connectivity index (χ3n) is 3.66. The number of carbonyl (C=O) groups excluding carboxylic acids is 1. The zero-order chi connectivity index (χ0) is 13.7. The van der Waals surface area contributed by atoms with Gasteiger partial charge >= 0.3 is 5.97 Å². The maximum absolute atomic E-state index is 11.7. The number of hydrogen-bond acceptors (Lipinski definition) is 4. The largest absolute Gasteiger partial charge is 0.465 e. The molecule has 1 aromatic rings. The highest BCUT2D eigenvalue weighted by Gasteiger charge is 2.17. The highest BCUT2D eigenvalue weighted by molar-refractivity contribution is 5.96. The lowest BCUT2D eigenvalue weighted by Crippen LogP contribution is -2.12. The molecule has 0 saturated heterocycles. The van der Waals surface area contributed by atoms with Crippen LogP contribution in [0, 0.1) is 5.92 Å². The summed E-state index contributed by atoms with van der Waals surface area (Å²) in [4.78, 5) is 11.7. The topological polar surface area (TPSA) is 61.5 Å². The van der Waals surface area contributed by atoms with Gasteiger partial charge in [-0.1, -0.05) is 25.0 Å². The average Bonchev–Trinajstić information content (AvgIpc) is 2.91. The number of methoxy groups -OCH3 is 1. The van der Waals surface area contributed by atoms with Crippen molar-refractivity contribution in [1.82, 2.24) is 0 Å². The van der Waals surface area contributed by atoms with Crippen molar-refractivity contribution >= 4 is 11.7 Å². The van der Waals surface area contributed by atoms with E-state index in [9.17, 15) is 4.79 Å². The van der Waals surface area contributed by atoms with Crippen LogP contribution in [0.5, 0.6) is 0 Å². The molecule has 0 spiro atoms. The smallest absolute Gasteiger partial charge is 0.340 e. The van der Waals surface area contributed by atoms with E-state index in [1.54, 1.807) is 6.07 Å². The molecule has 1 fully saturated rings. The molecule has 0 radical (unpaired) electrons. The maximum atomic E-state index is 11.7. The van der Waals surface area contributed by atoms with Crippen molar-refractivity contribution in [3.05, 3.63) is 29.3 Å². The Kier molecular flexibility index (Phi) is 4.80. The van der Waals surface area contributed by atoms with Crippen LogP contribution < -0.4 is 5.73 Å². The third kappa shape index (κ3) is 3.47. The SMILES string of the molecule is COC(=O)c1c(N)cccc1COCC1CCCC1. The van der Waals surface area contributed by atoms with Crippen molar-refractivity contribution in [2.24, 2.45) is 5.92 Å². The van der Waals surface area contributed by atoms with Crippen molar-refractivity contribution < 1.29 is 14.3 Å².